The zero-order valence-electron chi connectivity index (χ0n) is 9.35. The normalized spacial score (nSPS) is 22.1. The Kier molecular flexibility index (Phi) is 3.31. The van der Waals surface area contributed by atoms with E-state index in [1.807, 2.05) is 0 Å². The Bertz CT molecular complexity index is 289. The number of aliphatic carboxylic acids is 1. The van der Waals surface area contributed by atoms with Gasteiger partial charge in [-0.1, -0.05) is 0 Å². The molecule has 0 bridgehead atoms. The predicted molar refractivity (Wildman–Crippen MR) is 55.5 cm³/mol. The molecule has 0 aromatic carbocycles. The molecule has 5 heteroatoms. The molecule has 1 saturated heterocycles. The number of carbonyl (C=O) groups is 2. The van der Waals surface area contributed by atoms with Gasteiger partial charge in [0.05, 0.1) is 12.5 Å². The van der Waals surface area contributed by atoms with Gasteiger partial charge >= 0.3 is 6.03 Å². The monoisotopic (exact) mass is 225 g/mol. The summed E-state index contributed by atoms with van der Waals surface area (Å²) in [5.74, 6) is -0.534. The van der Waals surface area contributed by atoms with Crippen molar-refractivity contribution in [3.05, 3.63) is 0 Å². The van der Waals surface area contributed by atoms with E-state index in [-0.39, 0.29) is 12.6 Å². The zero-order chi connectivity index (χ0) is 11.5. The topological polar surface area (TPSA) is 63.7 Å². The van der Waals surface area contributed by atoms with Gasteiger partial charge < -0.3 is 19.7 Å². The summed E-state index contributed by atoms with van der Waals surface area (Å²) in [5.41, 5.74) is 0. The highest BCUT2D eigenvalue weighted by atomic mass is 16.4. The molecule has 1 heterocycles. The maximum Gasteiger partial charge on any atom is 0.320 e. The molecule has 0 atom stereocenters. The second kappa shape index (κ2) is 4.72. The highest BCUT2D eigenvalue weighted by Crippen LogP contribution is 2.30. The summed E-state index contributed by atoms with van der Waals surface area (Å²) in [6.45, 7) is 1.81. The Morgan fingerprint density at radius 2 is 1.88 bits per heavy atom. The molecule has 5 nitrogen and oxygen atoms in total. The molecular formula is C11H17N2O3-. The van der Waals surface area contributed by atoms with E-state index < -0.39 is 5.97 Å². The lowest BCUT2D eigenvalue weighted by Gasteiger charge is -2.27. The van der Waals surface area contributed by atoms with Crippen LogP contribution in [-0.2, 0) is 4.79 Å². The molecule has 90 valence electrons. The highest BCUT2D eigenvalue weighted by Gasteiger charge is 2.30. The number of carbonyl (C=O) groups excluding carboxylic acids is 2. The van der Waals surface area contributed by atoms with Crippen molar-refractivity contribution in [2.24, 2.45) is 5.92 Å². The third kappa shape index (κ3) is 2.87. The fourth-order valence-electron chi connectivity index (χ4n) is 2.08. The minimum absolute atomic E-state index is 0.131. The largest absolute Gasteiger partial charge is 0.548 e. The van der Waals surface area contributed by atoms with Crippen LogP contribution >= 0.6 is 0 Å². The maximum atomic E-state index is 12.0. The molecule has 0 aromatic rings. The van der Waals surface area contributed by atoms with Gasteiger partial charge in [0.15, 0.2) is 0 Å². The third-order valence-corrected chi connectivity index (χ3v) is 3.14. The molecule has 16 heavy (non-hydrogen) atoms. The van der Waals surface area contributed by atoms with Gasteiger partial charge in [-0.25, -0.2) is 4.79 Å². The standard InChI is InChI=1S/C11H18N2O3/c14-10(15)8-13-6-2-1-5-12(11(13)16)7-9-3-4-9/h9H,1-8H2,(H,14,15)/p-1. The van der Waals surface area contributed by atoms with Crippen molar-refractivity contribution in [3.63, 3.8) is 0 Å². The zero-order valence-corrected chi connectivity index (χ0v) is 9.35. The van der Waals surface area contributed by atoms with Gasteiger partial charge in [0.1, 0.15) is 0 Å². The average molecular weight is 225 g/mol. The molecule has 2 rings (SSSR count). The molecule has 1 saturated carbocycles. The van der Waals surface area contributed by atoms with E-state index in [9.17, 15) is 14.7 Å². The summed E-state index contributed by atoms with van der Waals surface area (Å²) >= 11 is 0. The smallest absolute Gasteiger partial charge is 0.320 e. The van der Waals surface area contributed by atoms with Gasteiger partial charge in [-0.2, -0.15) is 0 Å². The van der Waals surface area contributed by atoms with E-state index >= 15 is 0 Å². The number of urea groups is 1. The van der Waals surface area contributed by atoms with Crippen molar-refractivity contribution in [1.29, 1.82) is 0 Å². The van der Waals surface area contributed by atoms with Gasteiger partial charge in [-0.05, 0) is 31.6 Å². The first-order chi connectivity index (χ1) is 7.66. The van der Waals surface area contributed by atoms with Crippen LogP contribution in [0.15, 0.2) is 0 Å². The number of carboxylic acids is 1. The van der Waals surface area contributed by atoms with Crippen LogP contribution in [0.2, 0.25) is 0 Å². The molecule has 0 spiro atoms. The molecule has 0 radical (unpaired) electrons. The number of carboxylic acid groups (broad SMARTS) is 1. The number of rotatable bonds is 4. The van der Waals surface area contributed by atoms with Crippen molar-refractivity contribution in [2.45, 2.75) is 25.7 Å². The van der Waals surface area contributed by atoms with Crippen LogP contribution in [0.25, 0.3) is 0 Å². The SMILES string of the molecule is O=C([O-])CN1CCCCN(CC2CC2)C1=O. The second-order valence-electron chi connectivity index (χ2n) is 4.67. The predicted octanol–water partition coefficient (Wildman–Crippen LogP) is -0.336. The number of hydrogen-bond donors (Lipinski definition) is 0. The van der Waals surface area contributed by atoms with Crippen LogP contribution in [0.1, 0.15) is 25.7 Å². The van der Waals surface area contributed by atoms with Gasteiger partial charge in [0, 0.05) is 19.6 Å². The molecule has 0 N–H and O–H groups in total. The Morgan fingerprint density at radius 3 is 2.44 bits per heavy atom. The fraction of sp³-hybridized carbons (Fsp3) is 0.818. The third-order valence-electron chi connectivity index (χ3n) is 3.14. The molecular weight excluding hydrogens is 208 g/mol. The number of nitrogens with zero attached hydrogens (tertiary/aromatic N) is 2. The molecule has 2 fully saturated rings. The van der Waals surface area contributed by atoms with Crippen molar-refractivity contribution in [3.8, 4) is 0 Å². The fourth-order valence-corrected chi connectivity index (χ4v) is 2.08. The van der Waals surface area contributed by atoms with Crippen molar-refractivity contribution >= 4 is 12.0 Å². The molecule has 0 unspecified atom stereocenters. The molecule has 0 aromatic heterocycles. The van der Waals surface area contributed by atoms with Crippen LogP contribution in [0.5, 0.6) is 0 Å². The van der Waals surface area contributed by atoms with E-state index in [0.29, 0.717) is 12.5 Å². The molecule has 1 aliphatic carbocycles. The number of hydrogen-bond acceptors (Lipinski definition) is 3. The van der Waals surface area contributed by atoms with Crippen LogP contribution in [0.4, 0.5) is 4.79 Å². The van der Waals surface area contributed by atoms with Crippen molar-refractivity contribution in [1.82, 2.24) is 9.80 Å². The van der Waals surface area contributed by atoms with E-state index in [1.165, 1.54) is 17.7 Å². The summed E-state index contributed by atoms with van der Waals surface area (Å²) in [5, 5.41) is 10.5. The highest BCUT2D eigenvalue weighted by molar-refractivity contribution is 5.79. The Hall–Kier alpha value is -1.26. The Morgan fingerprint density at radius 1 is 1.25 bits per heavy atom. The van der Waals surface area contributed by atoms with Gasteiger partial charge in [0.2, 0.25) is 0 Å². The minimum Gasteiger partial charge on any atom is -0.548 e. The molecule has 2 amide bonds. The van der Waals surface area contributed by atoms with E-state index in [2.05, 4.69) is 0 Å². The molecule has 2 aliphatic rings. The number of amides is 2. The van der Waals surface area contributed by atoms with E-state index in [4.69, 9.17) is 0 Å². The second-order valence-corrected chi connectivity index (χ2v) is 4.67. The van der Waals surface area contributed by atoms with E-state index in [0.717, 1.165) is 25.9 Å². The van der Waals surface area contributed by atoms with Crippen LogP contribution in [0, 0.1) is 5.92 Å². The average Bonchev–Trinajstić information content (AvgIpc) is 3.02. The first-order valence-corrected chi connectivity index (χ1v) is 5.90. The van der Waals surface area contributed by atoms with Crippen LogP contribution < -0.4 is 5.11 Å². The quantitative estimate of drug-likeness (QED) is 0.657. The Labute approximate surface area is 95.0 Å². The lowest BCUT2D eigenvalue weighted by Crippen LogP contribution is -2.47. The van der Waals surface area contributed by atoms with Crippen LogP contribution in [-0.4, -0.2) is 48.0 Å². The summed E-state index contributed by atoms with van der Waals surface area (Å²) in [7, 11) is 0. The maximum absolute atomic E-state index is 12.0. The first-order valence-electron chi connectivity index (χ1n) is 5.90. The minimum atomic E-state index is -1.18. The summed E-state index contributed by atoms with van der Waals surface area (Å²) in [6, 6.07) is -0.131. The summed E-state index contributed by atoms with van der Waals surface area (Å²) in [6.07, 6.45) is 4.23. The summed E-state index contributed by atoms with van der Waals surface area (Å²) in [4.78, 5) is 25.7. The van der Waals surface area contributed by atoms with Gasteiger partial charge in [0.25, 0.3) is 0 Å². The van der Waals surface area contributed by atoms with Gasteiger partial charge in [-0.15, -0.1) is 0 Å². The van der Waals surface area contributed by atoms with Gasteiger partial charge in [-0.3, -0.25) is 0 Å². The summed E-state index contributed by atoms with van der Waals surface area (Å²) < 4.78 is 0. The first kappa shape index (κ1) is 11.2. The molecule has 1 aliphatic heterocycles. The lowest BCUT2D eigenvalue weighted by molar-refractivity contribution is -0.305. The van der Waals surface area contributed by atoms with Crippen LogP contribution in [0.3, 0.4) is 0 Å². The lowest BCUT2D eigenvalue weighted by atomic mass is 10.3. The van der Waals surface area contributed by atoms with Crippen molar-refractivity contribution in [2.75, 3.05) is 26.2 Å². The Balaban J connectivity index is 1.95. The van der Waals surface area contributed by atoms with Crippen molar-refractivity contribution < 1.29 is 14.7 Å². The van der Waals surface area contributed by atoms with E-state index in [1.54, 1.807) is 4.90 Å².